The predicted molar refractivity (Wildman–Crippen MR) is 137 cm³/mol. The third kappa shape index (κ3) is 6.89. The lowest BCUT2D eigenvalue weighted by atomic mass is 9.96. The summed E-state index contributed by atoms with van der Waals surface area (Å²) < 4.78 is 47.1. The Morgan fingerprint density at radius 1 is 0.944 bits per heavy atom. The first-order valence-corrected chi connectivity index (χ1v) is 12.7. The highest BCUT2D eigenvalue weighted by atomic mass is 19.4. The zero-order valence-electron chi connectivity index (χ0n) is 20.6. The molecule has 0 spiro atoms. The maximum Gasteiger partial charge on any atom is 0.421 e. The van der Waals surface area contributed by atoms with Crippen LogP contribution in [0, 0.1) is 0 Å². The number of nitrogens with one attached hydrogen (secondary N) is 2. The van der Waals surface area contributed by atoms with Gasteiger partial charge in [-0.25, -0.2) is 4.98 Å². The Morgan fingerprint density at radius 2 is 1.69 bits per heavy atom. The van der Waals surface area contributed by atoms with Gasteiger partial charge in [0.1, 0.15) is 17.1 Å². The monoisotopic (exact) mass is 498 g/mol. The van der Waals surface area contributed by atoms with Crippen LogP contribution < -0.4 is 15.4 Å². The Labute approximate surface area is 210 Å². The normalized spacial score (nSPS) is 14.1. The van der Waals surface area contributed by atoms with Gasteiger partial charge in [-0.2, -0.15) is 18.2 Å². The van der Waals surface area contributed by atoms with Crippen molar-refractivity contribution in [3.05, 3.63) is 65.9 Å². The molecule has 1 aromatic heterocycles. The van der Waals surface area contributed by atoms with Crippen LogP contribution in [0.1, 0.15) is 75.3 Å². The molecule has 36 heavy (non-hydrogen) atoms. The van der Waals surface area contributed by atoms with E-state index in [1.54, 1.807) is 12.1 Å². The SMILES string of the molecule is CCCCCCOc1ccc(Nc2ncc(C(F)(F)F)c(Nc3ccccc3C3CCCC3)n2)cc1. The molecule has 1 aliphatic rings. The van der Waals surface area contributed by atoms with Crippen molar-refractivity contribution in [1.29, 1.82) is 0 Å². The van der Waals surface area contributed by atoms with E-state index >= 15 is 0 Å². The fourth-order valence-corrected chi connectivity index (χ4v) is 4.56. The summed E-state index contributed by atoms with van der Waals surface area (Å²) in [6.45, 7) is 2.83. The first kappa shape index (κ1) is 25.8. The van der Waals surface area contributed by atoms with Crippen LogP contribution in [0.5, 0.6) is 5.75 Å². The van der Waals surface area contributed by atoms with Gasteiger partial charge in [0.15, 0.2) is 0 Å². The molecule has 0 atom stereocenters. The molecule has 0 bridgehead atoms. The average molecular weight is 499 g/mol. The lowest BCUT2D eigenvalue weighted by Gasteiger charge is -2.19. The average Bonchev–Trinajstić information content (AvgIpc) is 3.40. The molecule has 0 amide bonds. The van der Waals surface area contributed by atoms with Gasteiger partial charge in [0.2, 0.25) is 5.95 Å². The lowest BCUT2D eigenvalue weighted by Crippen LogP contribution is -2.13. The van der Waals surface area contributed by atoms with Gasteiger partial charge in [-0.05, 0) is 61.1 Å². The van der Waals surface area contributed by atoms with E-state index in [0.29, 0.717) is 23.9 Å². The second-order valence-electron chi connectivity index (χ2n) is 9.21. The molecule has 0 radical (unpaired) electrons. The number of unbranched alkanes of at least 4 members (excludes halogenated alkanes) is 3. The molecule has 4 rings (SSSR count). The fraction of sp³-hybridized carbons (Fsp3) is 0.429. The van der Waals surface area contributed by atoms with E-state index in [1.165, 1.54) is 12.8 Å². The smallest absolute Gasteiger partial charge is 0.421 e. The molecular weight excluding hydrogens is 465 g/mol. The van der Waals surface area contributed by atoms with E-state index < -0.39 is 11.7 Å². The Bertz CT molecular complexity index is 1110. The molecular formula is C28H33F3N4O. The first-order valence-electron chi connectivity index (χ1n) is 12.7. The number of para-hydroxylation sites is 1. The Morgan fingerprint density at radius 3 is 2.42 bits per heavy atom. The Balaban J connectivity index is 1.50. The van der Waals surface area contributed by atoms with Crippen LogP contribution in [0.2, 0.25) is 0 Å². The van der Waals surface area contributed by atoms with Crippen molar-refractivity contribution in [2.75, 3.05) is 17.2 Å². The van der Waals surface area contributed by atoms with Crippen LogP contribution in [0.15, 0.2) is 54.7 Å². The molecule has 1 aliphatic carbocycles. The third-order valence-corrected chi connectivity index (χ3v) is 6.48. The Kier molecular flexibility index (Phi) is 8.67. The summed E-state index contributed by atoms with van der Waals surface area (Å²) in [6, 6.07) is 14.8. The summed E-state index contributed by atoms with van der Waals surface area (Å²) in [7, 11) is 0. The summed E-state index contributed by atoms with van der Waals surface area (Å²) in [5.41, 5.74) is 1.44. The van der Waals surface area contributed by atoms with E-state index in [2.05, 4.69) is 27.5 Å². The predicted octanol–water partition coefficient (Wildman–Crippen LogP) is 8.60. The van der Waals surface area contributed by atoms with Crippen molar-refractivity contribution in [1.82, 2.24) is 9.97 Å². The van der Waals surface area contributed by atoms with Crippen molar-refractivity contribution < 1.29 is 17.9 Å². The van der Waals surface area contributed by atoms with Crippen LogP contribution in [-0.4, -0.2) is 16.6 Å². The van der Waals surface area contributed by atoms with Gasteiger partial charge in [0, 0.05) is 17.6 Å². The summed E-state index contributed by atoms with van der Waals surface area (Å²) in [5, 5.41) is 5.97. The number of rotatable bonds is 11. The maximum absolute atomic E-state index is 13.8. The highest BCUT2D eigenvalue weighted by molar-refractivity contribution is 5.66. The number of hydrogen-bond donors (Lipinski definition) is 2. The summed E-state index contributed by atoms with van der Waals surface area (Å²) in [6.07, 6.45) is 5.12. The number of alkyl halides is 3. The van der Waals surface area contributed by atoms with Gasteiger partial charge in [-0.1, -0.05) is 57.2 Å². The van der Waals surface area contributed by atoms with Gasteiger partial charge in [-0.3, -0.25) is 0 Å². The molecule has 3 aromatic rings. The first-order chi connectivity index (χ1) is 17.4. The highest BCUT2D eigenvalue weighted by Gasteiger charge is 2.35. The van der Waals surface area contributed by atoms with Crippen molar-refractivity contribution >= 4 is 23.1 Å². The molecule has 1 fully saturated rings. The topological polar surface area (TPSA) is 59.1 Å². The van der Waals surface area contributed by atoms with Crippen LogP contribution >= 0.6 is 0 Å². The number of aromatic nitrogens is 2. The van der Waals surface area contributed by atoms with E-state index in [-0.39, 0.29) is 11.8 Å². The minimum Gasteiger partial charge on any atom is -0.494 e. The van der Waals surface area contributed by atoms with Crippen LogP contribution in [0.4, 0.5) is 36.3 Å². The van der Waals surface area contributed by atoms with Gasteiger partial charge in [0.25, 0.3) is 0 Å². The van der Waals surface area contributed by atoms with E-state index in [9.17, 15) is 13.2 Å². The standard InChI is InChI=1S/C28H33F3N4O/c1-2-3-4-9-18-36-22-16-14-21(15-17-22)33-27-32-19-24(28(29,30)31)26(35-27)34-25-13-8-7-12-23(25)20-10-5-6-11-20/h7-8,12-17,19-20H,2-6,9-11,18H2,1H3,(H2,32,33,34,35). The number of anilines is 4. The molecule has 0 aliphatic heterocycles. The van der Waals surface area contributed by atoms with Crippen molar-refractivity contribution in [3.8, 4) is 5.75 Å². The van der Waals surface area contributed by atoms with Crippen molar-refractivity contribution in [2.45, 2.75) is 70.4 Å². The minimum absolute atomic E-state index is 0.0806. The number of ether oxygens (including phenoxy) is 1. The second kappa shape index (κ2) is 12.1. The summed E-state index contributed by atoms with van der Waals surface area (Å²) in [5.74, 6) is 0.903. The zero-order chi connectivity index (χ0) is 25.4. The lowest BCUT2D eigenvalue weighted by molar-refractivity contribution is -0.137. The second-order valence-corrected chi connectivity index (χ2v) is 9.21. The maximum atomic E-state index is 13.8. The molecule has 1 saturated carbocycles. The largest absolute Gasteiger partial charge is 0.494 e. The van der Waals surface area contributed by atoms with Gasteiger partial charge in [0.05, 0.1) is 6.61 Å². The van der Waals surface area contributed by atoms with E-state index in [4.69, 9.17) is 4.74 Å². The number of nitrogens with zero attached hydrogens (tertiary/aromatic N) is 2. The zero-order valence-corrected chi connectivity index (χ0v) is 20.6. The molecule has 8 heteroatoms. The van der Waals surface area contributed by atoms with Crippen LogP contribution in [-0.2, 0) is 6.18 Å². The molecule has 0 saturated heterocycles. The van der Waals surface area contributed by atoms with Crippen LogP contribution in [0.25, 0.3) is 0 Å². The molecule has 5 nitrogen and oxygen atoms in total. The molecule has 0 unspecified atom stereocenters. The number of halogens is 3. The molecule has 2 N–H and O–H groups in total. The summed E-state index contributed by atoms with van der Waals surface area (Å²) in [4.78, 5) is 8.14. The van der Waals surface area contributed by atoms with Crippen LogP contribution in [0.3, 0.4) is 0 Å². The molecule has 192 valence electrons. The van der Waals surface area contributed by atoms with Crippen molar-refractivity contribution in [2.24, 2.45) is 0 Å². The van der Waals surface area contributed by atoms with E-state index in [1.807, 2.05) is 36.4 Å². The van der Waals surface area contributed by atoms with Gasteiger partial charge in [-0.15, -0.1) is 0 Å². The third-order valence-electron chi connectivity index (χ3n) is 6.48. The number of hydrogen-bond acceptors (Lipinski definition) is 5. The van der Waals surface area contributed by atoms with Crippen molar-refractivity contribution in [3.63, 3.8) is 0 Å². The minimum atomic E-state index is -4.58. The quantitative estimate of drug-likeness (QED) is 0.259. The van der Waals surface area contributed by atoms with Gasteiger partial charge < -0.3 is 15.4 Å². The summed E-state index contributed by atoms with van der Waals surface area (Å²) >= 11 is 0. The fourth-order valence-electron chi connectivity index (χ4n) is 4.56. The Hall–Kier alpha value is -3.29. The van der Waals surface area contributed by atoms with Gasteiger partial charge >= 0.3 is 6.18 Å². The molecule has 1 heterocycles. The highest BCUT2D eigenvalue weighted by Crippen LogP contribution is 2.40. The molecule has 2 aromatic carbocycles. The van der Waals surface area contributed by atoms with E-state index in [0.717, 1.165) is 56.0 Å². The number of benzene rings is 2.